The van der Waals surface area contributed by atoms with Crippen molar-refractivity contribution in [3.05, 3.63) is 68.4 Å². The number of fused-ring (bicyclic) bond motifs is 1. The summed E-state index contributed by atoms with van der Waals surface area (Å²) in [5.74, 6) is 0.227. The average Bonchev–Trinajstić information content (AvgIpc) is 2.51. The molecular weight excluding hydrogens is 332 g/mol. The third-order valence-electron chi connectivity index (χ3n) is 3.75. The first-order chi connectivity index (χ1) is 11.3. The highest BCUT2D eigenvalue weighted by atomic mass is 32.2. The van der Waals surface area contributed by atoms with Gasteiger partial charge in [-0.25, -0.2) is 4.79 Å². The van der Waals surface area contributed by atoms with Crippen LogP contribution in [0.15, 0.2) is 50.9 Å². The fourth-order valence-corrected chi connectivity index (χ4v) is 3.29. The Kier molecular flexibility index (Phi) is 3.76. The van der Waals surface area contributed by atoms with Crippen LogP contribution >= 0.6 is 0 Å². The van der Waals surface area contributed by atoms with Crippen LogP contribution in [-0.4, -0.2) is 18.4 Å². The third-order valence-corrected chi connectivity index (χ3v) is 4.98. The number of H-pyrrole nitrogens is 2. The lowest BCUT2D eigenvalue weighted by Gasteiger charge is -2.11. The molecule has 0 saturated carbocycles. The Bertz CT molecular complexity index is 1160. The lowest BCUT2D eigenvalue weighted by Crippen LogP contribution is -2.22. The Labute approximate surface area is 137 Å². The largest absolute Gasteiger partial charge is 0.379 e. The van der Waals surface area contributed by atoms with E-state index in [2.05, 4.69) is 9.97 Å². The van der Waals surface area contributed by atoms with Gasteiger partial charge in [-0.2, -0.15) is 8.42 Å². The van der Waals surface area contributed by atoms with Gasteiger partial charge in [0.1, 0.15) is 10.6 Å². The molecule has 7 nitrogen and oxygen atoms in total. The Hall–Kier alpha value is -2.87. The van der Waals surface area contributed by atoms with Crippen LogP contribution in [0.2, 0.25) is 0 Å². The minimum atomic E-state index is -4.12. The number of hydrogen-bond acceptors (Lipinski definition) is 5. The first-order valence-electron chi connectivity index (χ1n) is 7.05. The van der Waals surface area contributed by atoms with E-state index in [4.69, 9.17) is 4.18 Å². The molecule has 0 amide bonds. The molecule has 0 spiro atoms. The molecule has 2 aromatic carbocycles. The van der Waals surface area contributed by atoms with Crippen molar-refractivity contribution in [2.45, 2.75) is 18.7 Å². The summed E-state index contributed by atoms with van der Waals surface area (Å²) >= 11 is 0. The van der Waals surface area contributed by atoms with E-state index in [-0.39, 0.29) is 21.5 Å². The molecule has 8 heteroatoms. The standard InChI is InChI=1S/C16H14N2O5S/c1-9-4-3-5-14(10(9)2)23-24(21,22)11-6-7-13-12(8-11)15(19)18-16(20)17-13/h3-8H,1-2H3,(H2,17,18,19,20). The van der Waals surface area contributed by atoms with Gasteiger partial charge in [0, 0.05) is 0 Å². The molecule has 3 rings (SSSR count). The van der Waals surface area contributed by atoms with E-state index in [9.17, 15) is 18.0 Å². The third kappa shape index (κ3) is 2.83. The lowest BCUT2D eigenvalue weighted by atomic mass is 10.1. The average molecular weight is 346 g/mol. The molecule has 1 aromatic heterocycles. The summed E-state index contributed by atoms with van der Waals surface area (Å²) in [6.07, 6.45) is 0. The highest BCUT2D eigenvalue weighted by Crippen LogP contribution is 2.25. The molecule has 0 atom stereocenters. The maximum atomic E-state index is 12.5. The Morgan fingerprint density at radius 2 is 1.75 bits per heavy atom. The molecule has 124 valence electrons. The summed E-state index contributed by atoms with van der Waals surface area (Å²) in [6.45, 7) is 3.61. The molecule has 0 aliphatic carbocycles. The van der Waals surface area contributed by atoms with E-state index in [1.807, 2.05) is 13.0 Å². The van der Waals surface area contributed by atoms with Crippen LogP contribution in [0.1, 0.15) is 11.1 Å². The molecule has 0 fully saturated rings. The van der Waals surface area contributed by atoms with E-state index in [1.165, 1.54) is 18.2 Å². The van der Waals surface area contributed by atoms with Crippen molar-refractivity contribution in [2.24, 2.45) is 0 Å². The predicted molar refractivity (Wildman–Crippen MR) is 88.9 cm³/mol. The van der Waals surface area contributed by atoms with Crippen LogP contribution in [0, 0.1) is 13.8 Å². The summed E-state index contributed by atoms with van der Waals surface area (Å²) in [6, 6.07) is 8.91. The van der Waals surface area contributed by atoms with Gasteiger partial charge in [0.25, 0.3) is 5.56 Å². The van der Waals surface area contributed by atoms with Crippen molar-refractivity contribution in [3.8, 4) is 5.75 Å². The van der Waals surface area contributed by atoms with Gasteiger partial charge in [-0.05, 0) is 49.2 Å². The second-order valence-corrected chi connectivity index (χ2v) is 6.90. The highest BCUT2D eigenvalue weighted by molar-refractivity contribution is 7.87. The number of hydrogen-bond donors (Lipinski definition) is 2. The van der Waals surface area contributed by atoms with Crippen LogP contribution in [0.25, 0.3) is 10.9 Å². The zero-order chi connectivity index (χ0) is 17.5. The molecule has 0 bridgehead atoms. The molecule has 0 unspecified atom stereocenters. The molecule has 3 aromatic rings. The summed E-state index contributed by atoms with van der Waals surface area (Å²) in [7, 11) is -4.12. The highest BCUT2D eigenvalue weighted by Gasteiger charge is 2.19. The quantitative estimate of drug-likeness (QED) is 0.700. The van der Waals surface area contributed by atoms with Gasteiger partial charge >= 0.3 is 15.8 Å². The summed E-state index contributed by atoms with van der Waals surface area (Å²) in [5, 5.41) is 0.0558. The maximum absolute atomic E-state index is 12.5. The second kappa shape index (κ2) is 5.64. The number of rotatable bonds is 3. The molecule has 1 heterocycles. The van der Waals surface area contributed by atoms with Crippen molar-refractivity contribution in [1.82, 2.24) is 9.97 Å². The monoisotopic (exact) mass is 346 g/mol. The summed E-state index contributed by atoms with van der Waals surface area (Å²) < 4.78 is 30.2. The minimum absolute atomic E-state index is 0.0558. The molecule has 0 aliphatic rings. The molecule has 0 saturated heterocycles. The zero-order valence-electron chi connectivity index (χ0n) is 12.9. The van der Waals surface area contributed by atoms with Crippen LogP contribution in [0.5, 0.6) is 5.75 Å². The minimum Gasteiger partial charge on any atom is -0.379 e. The predicted octanol–water partition coefficient (Wildman–Crippen LogP) is 1.60. The van der Waals surface area contributed by atoms with E-state index in [0.29, 0.717) is 5.56 Å². The molecule has 0 radical (unpaired) electrons. The van der Waals surface area contributed by atoms with E-state index < -0.39 is 21.4 Å². The Morgan fingerprint density at radius 1 is 1.00 bits per heavy atom. The topological polar surface area (TPSA) is 109 Å². The second-order valence-electron chi connectivity index (χ2n) is 5.35. The first-order valence-corrected chi connectivity index (χ1v) is 8.46. The van der Waals surface area contributed by atoms with Crippen LogP contribution in [0.3, 0.4) is 0 Å². The lowest BCUT2D eigenvalue weighted by molar-refractivity contribution is 0.484. The Morgan fingerprint density at radius 3 is 2.50 bits per heavy atom. The number of aromatic nitrogens is 2. The summed E-state index contributed by atoms with van der Waals surface area (Å²) in [4.78, 5) is 27.4. The van der Waals surface area contributed by atoms with Gasteiger partial charge in [-0.3, -0.25) is 9.78 Å². The van der Waals surface area contributed by atoms with Gasteiger partial charge in [0.2, 0.25) is 0 Å². The normalized spacial score (nSPS) is 11.6. The number of benzene rings is 2. The Balaban J connectivity index is 2.10. The van der Waals surface area contributed by atoms with Gasteiger partial charge < -0.3 is 9.17 Å². The first kappa shape index (κ1) is 16.0. The van der Waals surface area contributed by atoms with E-state index in [0.717, 1.165) is 5.56 Å². The smallest absolute Gasteiger partial charge is 0.339 e. The van der Waals surface area contributed by atoms with Crippen molar-refractivity contribution < 1.29 is 12.6 Å². The van der Waals surface area contributed by atoms with Crippen LogP contribution in [-0.2, 0) is 10.1 Å². The van der Waals surface area contributed by atoms with E-state index >= 15 is 0 Å². The van der Waals surface area contributed by atoms with Crippen molar-refractivity contribution in [3.63, 3.8) is 0 Å². The van der Waals surface area contributed by atoms with Gasteiger partial charge in [-0.1, -0.05) is 12.1 Å². The molecule has 2 N–H and O–H groups in total. The van der Waals surface area contributed by atoms with Crippen LogP contribution in [0.4, 0.5) is 0 Å². The summed E-state index contributed by atoms with van der Waals surface area (Å²) in [5.41, 5.74) is 0.529. The SMILES string of the molecule is Cc1cccc(OS(=O)(=O)c2ccc3[nH]c(=O)[nH]c(=O)c3c2)c1C. The number of aryl methyl sites for hydroxylation is 1. The number of aromatic amines is 2. The van der Waals surface area contributed by atoms with Crippen molar-refractivity contribution >= 4 is 21.0 Å². The maximum Gasteiger partial charge on any atom is 0.339 e. The van der Waals surface area contributed by atoms with Gasteiger partial charge in [0.15, 0.2) is 0 Å². The van der Waals surface area contributed by atoms with Crippen molar-refractivity contribution in [1.29, 1.82) is 0 Å². The number of nitrogens with one attached hydrogen (secondary N) is 2. The van der Waals surface area contributed by atoms with Gasteiger partial charge in [-0.15, -0.1) is 0 Å². The van der Waals surface area contributed by atoms with Crippen LogP contribution < -0.4 is 15.4 Å². The van der Waals surface area contributed by atoms with E-state index in [1.54, 1.807) is 19.1 Å². The zero-order valence-corrected chi connectivity index (χ0v) is 13.7. The molecule has 24 heavy (non-hydrogen) atoms. The fraction of sp³-hybridized carbons (Fsp3) is 0.125. The molecular formula is C16H14N2O5S. The fourth-order valence-electron chi connectivity index (χ4n) is 2.28. The van der Waals surface area contributed by atoms with Crippen molar-refractivity contribution in [2.75, 3.05) is 0 Å². The van der Waals surface area contributed by atoms with Gasteiger partial charge in [0.05, 0.1) is 10.9 Å². The molecule has 0 aliphatic heterocycles.